The number of ether oxygens (including phenoxy) is 1. The average molecular weight is 348 g/mol. The van der Waals surface area contributed by atoms with E-state index in [0.29, 0.717) is 6.10 Å². The van der Waals surface area contributed by atoms with Crippen LogP contribution in [0.15, 0.2) is 18.2 Å². The molecule has 0 fully saturated rings. The van der Waals surface area contributed by atoms with Crippen molar-refractivity contribution in [1.82, 2.24) is 0 Å². The van der Waals surface area contributed by atoms with Crippen LogP contribution >= 0.6 is 22.6 Å². The topological polar surface area (TPSA) is 47.3 Å². The number of rotatable bonds is 7. The van der Waals surface area contributed by atoms with Crippen molar-refractivity contribution in [3.8, 4) is 0 Å². The summed E-state index contributed by atoms with van der Waals surface area (Å²) in [6.45, 7) is 5.89. The molecule has 17 heavy (non-hydrogen) atoms. The van der Waals surface area contributed by atoms with Crippen molar-refractivity contribution >= 4 is 34.0 Å². The quantitative estimate of drug-likeness (QED) is 0.451. The summed E-state index contributed by atoms with van der Waals surface area (Å²) in [4.78, 5) is 0. The minimum absolute atomic E-state index is 0.329. The second kappa shape index (κ2) is 7.76. The van der Waals surface area contributed by atoms with Crippen LogP contribution in [-0.2, 0) is 4.74 Å². The van der Waals surface area contributed by atoms with Crippen molar-refractivity contribution in [3.05, 3.63) is 21.8 Å². The van der Waals surface area contributed by atoms with Crippen molar-refractivity contribution in [3.63, 3.8) is 0 Å². The van der Waals surface area contributed by atoms with Gasteiger partial charge in [0.1, 0.15) is 0 Å². The van der Waals surface area contributed by atoms with Gasteiger partial charge in [0.15, 0.2) is 0 Å². The summed E-state index contributed by atoms with van der Waals surface area (Å²) < 4.78 is 6.64. The molecule has 0 saturated heterocycles. The molecule has 0 atom stereocenters. The summed E-state index contributed by atoms with van der Waals surface area (Å²) in [5.74, 6) is 0. The molecule has 0 saturated carbocycles. The largest absolute Gasteiger partial charge is 0.397 e. The highest BCUT2D eigenvalue weighted by molar-refractivity contribution is 14.1. The minimum atomic E-state index is 0.329. The summed E-state index contributed by atoms with van der Waals surface area (Å²) in [5.41, 5.74) is 7.75. The number of unbranched alkanes of at least 4 members (excludes halogenated alkanes) is 1. The highest BCUT2D eigenvalue weighted by Gasteiger charge is 1.99. The first-order valence-electron chi connectivity index (χ1n) is 6.00. The third-order valence-electron chi connectivity index (χ3n) is 2.35. The Morgan fingerprint density at radius 3 is 2.76 bits per heavy atom. The Kier molecular flexibility index (Phi) is 6.65. The lowest BCUT2D eigenvalue weighted by Crippen LogP contribution is -2.08. The van der Waals surface area contributed by atoms with Gasteiger partial charge in [-0.1, -0.05) is 0 Å². The third kappa shape index (κ3) is 6.12. The summed E-state index contributed by atoms with van der Waals surface area (Å²) in [6, 6.07) is 6.06. The maximum Gasteiger partial charge on any atom is 0.0574 e. The fourth-order valence-corrected chi connectivity index (χ4v) is 1.98. The van der Waals surface area contributed by atoms with Crippen molar-refractivity contribution in [2.75, 3.05) is 24.2 Å². The Balaban J connectivity index is 2.18. The molecule has 4 heteroatoms. The maximum absolute atomic E-state index is 5.91. The van der Waals surface area contributed by atoms with Crippen LogP contribution < -0.4 is 11.1 Å². The summed E-state index contributed by atoms with van der Waals surface area (Å²) in [5, 5.41) is 3.34. The Bertz CT molecular complexity index is 342. The van der Waals surface area contributed by atoms with Gasteiger partial charge in [-0.25, -0.2) is 0 Å². The normalized spacial score (nSPS) is 10.8. The van der Waals surface area contributed by atoms with Crippen molar-refractivity contribution < 1.29 is 4.74 Å². The zero-order valence-electron chi connectivity index (χ0n) is 10.5. The van der Waals surface area contributed by atoms with E-state index in [9.17, 15) is 0 Å². The number of benzene rings is 1. The van der Waals surface area contributed by atoms with Crippen LogP contribution in [0.4, 0.5) is 11.4 Å². The number of hydrogen-bond acceptors (Lipinski definition) is 3. The molecule has 0 aliphatic heterocycles. The van der Waals surface area contributed by atoms with E-state index in [1.54, 1.807) is 0 Å². The van der Waals surface area contributed by atoms with E-state index in [2.05, 4.69) is 47.8 Å². The molecule has 3 N–H and O–H groups in total. The molecule has 0 aromatic heterocycles. The number of anilines is 2. The van der Waals surface area contributed by atoms with E-state index < -0.39 is 0 Å². The van der Waals surface area contributed by atoms with Gasteiger partial charge in [0.25, 0.3) is 0 Å². The van der Waals surface area contributed by atoms with Crippen molar-refractivity contribution in [2.45, 2.75) is 32.8 Å². The van der Waals surface area contributed by atoms with Gasteiger partial charge in [-0.05, 0) is 67.5 Å². The van der Waals surface area contributed by atoms with E-state index in [1.807, 2.05) is 12.1 Å². The number of nitrogens with one attached hydrogen (secondary N) is 1. The summed E-state index contributed by atoms with van der Waals surface area (Å²) in [6.07, 6.45) is 2.50. The Labute approximate surface area is 117 Å². The minimum Gasteiger partial charge on any atom is -0.397 e. The first-order valence-corrected chi connectivity index (χ1v) is 7.08. The number of nitrogen functional groups attached to an aromatic ring is 1. The van der Waals surface area contributed by atoms with E-state index >= 15 is 0 Å². The van der Waals surface area contributed by atoms with Gasteiger partial charge < -0.3 is 15.8 Å². The first-order chi connectivity index (χ1) is 8.09. The molecule has 0 bridgehead atoms. The number of halogens is 1. The second-order valence-electron chi connectivity index (χ2n) is 4.29. The number of hydrogen-bond donors (Lipinski definition) is 2. The molecule has 0 unspecified atom stereocenters. The fraction of sp³-hybridized carbons (Fsp3) is 0.538. The molecule has 0 radical (unpaired) electrons. The third-order valence-corrected chi connectivity index (χ3v) is 3.02. The smallest absolute Gasteiger partial charge is 0.0574 e. The van der Waals surface area contributed by atoms with Gasteiger partial charge in [0.2, 0.25) is 0 Å². The molecule has 1 aromatic rings. The van der Waals surface area contributed by atoms with Crippen molar-refractivity contribution in [1.29, 1.82) is 0 Å². The first kappa shape index (κ1) is 14.6. The SMILES string of the molecule is CC(C)OCCCCNc1ccc(I)cc1N. The fourth-order valence-electron chi connectivity index (χ4n) is 1.46. The molecule has 1 aromatic carbocycles. The highest BCUT2D eigenvalue weighted by atomic mass is 127. The zero-order chi connectivity index (χ0) is 12.7. The van der Waals surface area contributed by atoms with Gasteiger partial charge in [0, 0.05) is 16.7 Å². The molecule has 96 valence electrons. The summed E-state index contributed by atoms with van der Waals surface area (Å²) in [7, 11) is 0. The molecule has 1 rings (SSSR count). The molecular formula is C13H21IN2O. The molecule has 0 heterocycles. The predicted octanol–water partition coefficient (Wildman–Crippen LogP) is 3.49. The predicted molar refractivity (Wildman–Crippen MR) is 82.4 cm³/mol. The van der Waals surface area contributed by atoms with E-state index in [1.165, 1.54) is 0 Å². The number of nitrogens with two attached hydrogens (primary N) is 1. The van der Waals surface area contributed by atoms with Crippen molar-refractivity contribution in [2.24, 2.45) is 0 Å². The van der Waals surface area contributed by atoms with Crippen LogP contribution in [0.2, 0.25) is 0 Å². The van der Waals surface area contributed by atoms with E-state index in [0.717, 1.165) is 40.9 Å². The zero-order valence-corrected chi connectivity index (χ0v) is 12.7. The van der Waals surface area contributed by atoms with E-state index in [-0.39, 0.29) is 0 Å². The molecule has 3 nitrogen and oxygen atoms in total. The Morgan fingerprint density at radius 2 is 2.12 bits per heavy atom. The van der Waals surface area contributed by atoms with Crippen LogP contribution in [0.5, 0.6) is 0 Å². The second-order valence-corrected chi connectivity index (χ2v) is 5.53. The molecule has 0 spiro atoms. The van der Waals surface area contributed by atoms with Gasteiger partial charge in [-0.3, -0.25) is 0 Å². The molecular weight excluding hydrogens is 327 g/mol. The standard InChI is InChI=1S/C13H21IN2O/c1-10(2)17-8-4-3-7-16-13-6-5-11(14)9-12(13)15/h5-6,9-10,16H,3-4,7-8,15H2,1-2H3. The molecule has 0 aliphatic carbocycles. The van der Waals surface area contributed by atoms with Gasteiger partial charge >= 0.3 is 0 Å². The van der Waals surface area contributed by atoms with Crippen LogP contribution in [0, 0.1) is 3.57 Å². The average Bonchev–Trinajstić information content (AvgIpc) is 2.25. The van der Waals surface area contributed by atoms with Crippen LogP contribution in [0.3, 0.4) is 0 Å². The Hall–Kier alpha value is -0.490. The lowest BCUT2D eigenvalue weighted by atomic mass is 10.2. The highest BCUT2D eigenvalue weighted by Crippen LogP contribution is 2.20. The monoisotopic (exact) mass is 348 g/mol. The lowest BCUT2D eigenvalue weighted by Gasteiger charge is -2.10. The van der Waals surface area contributed by atoms with Gasteiger partial charge in [0.05, 0.1) is 17.5 Å². The van der Waals surface area contributed by atoms with E-state index in [4.69, 9.17) is 10.5 Å². The van der Waals surface area contributed by atoms with Crippen LogP contribution in [0.1, 0.15) is 26.7 Å². The summed E-state index contributed by atoms with van der Waals surface area (Å²) >= 11 is 2.26. The van der Waals surface area contributed by atoms with Crippen LogP contribution in [0.25, 0.3) is 0 Å². The maximum atomic E-state index is 5.91. The van der Waals surface area contributed by atoms with Crippen LogP contribution in [-0.4, -0.2) is 19.3 Å². The molecule has 0 aliphatic rings. The Morgan fingerprint density at radius 1 is 1.35 bits per heavy atom. The molecule has 0 amide bonds. The van der Waals surface area contributed by atoms with Gasteiger partial charge in [-0.2, -0.15) is 0 Å². The van der Waals surface area contributed by atoms with Gasteiger partial charge in [-0.15, -0.1) is 0 Å². The lowest BCUT2D eigenvalue weighted by molar-refractivity contribution is 0.0765.